The molecule has 0 rings (SSSR count). The minimum Gasteiger partial charge on any atom is -0.462 e. The van der Waals surface area contributed by atoms with E-state index in [9.17, 15) is 4.79 Å². The Morgan fingerprint density at radius 2 is 2.07 bits per heavy atom. The van der Waals surface area contributed by atoms with E-state index in [0.29, 0.717) is 12.5 Å². The summed E-state index contributed by atoms with van der Waals surface area (Å²) in [6.07, 6.45) is 8.91. The van der Waals surface area contributed by atoms with E-state index in [2.05, 4.69) is 13.8 Å². The van der Waals surface area contributed by atoms with E-state index >= 15 is 0 Å². The van der Waals surface area contributed by atoms with Gasteiger partial charge in [-0.15, -0.1) is 0 Å². The molecule has 2 nitrogen and oxygen atoms in total. The van der Waals surface area contributed by atoms with Gasteiger partial charge in [-0.1, -0.05) is 46.1 Å². The molecule has 0 N–H and O–H groups in total. The van der Waals surface area contributed by atoms with Crippen molar-refractivity contribution >= 4 is 5.97 Å². The first-order chi connectivity index (χ1) is 7.24. The van der Waals surface area contributed by atoms with Crippen molar-refractivity contribution in [3.05, 3.63) is 12.2 Å². The lowest BCUT2D eigenvalue weighted by Gasteiger charge is -2.13. The molecule has 0 aromatic heterocycles. The Labute approximate surface area is 93.7 Å². The van der Waals surface area contributed by atoms with E-state index in [1.165, 1.54) is 18.9 Å². The molecule has 88 valence electrons. The molecule has 0 aromatic carbocycles. The average molecular weight is 212 g/mol. The molecule has 0 saturated heterocycles. The minimum atomic E-state index is -0.202. The highest BCUT2D eigenvalue weighted by atomic mass is 16.5. The Hall–Kier alpha value is -0.790. The van der Waals surface area contributed by atoms with Gasteiger partial charge >= 0.3 is 5.97 Å². The summed E-state index contributed by atoms with van der Waals surface area (Å²) in [6.45, 7) is 6.90. The van der Waals surface area contributed by atoms with Crippen LogP contribution in [0, 0.1) is 5.92 Å². The number of carbonyl (C=O) groups is 1. The molecular weight excluding hydrogens is 188 g/mol. The molecule has 0 saturated carbocycles. The summed E-state index contributed by atoms with van der Waals surface area (Å²) in [5, 5.41) is 0. The van der Waals surface area contributed by atoms with Crippen LogP contribution in [0.25, 0.3) is 0 Å². The molecule has 0 amide bonds. The number of rotatable bonds is 8. The molecule has 1 unspecified atom stereocenters. The quantitative estimate of drug-likeness (QED) is 0.453. The summed E-state index contributed by atoms with van der Waals surface area (Å²) in [4.78, 5) is 11.2. The third-order valence-corrected chi connectivity index (χ3v) is 2.49. The van der Waals surface area contributed by atoms with Gasteiger partial charge in [0.2, 0.25) is 0 Å². The monoisotopic (exact) mass is 212 g/mol. The lowest BCUT2D eigenvalue weighted by atomic mass is 10.0. The van der Waals surface area contributed by atoms with Crippen LogP contribution < -0.4 is 0 Å². The maximum Gasteiger partial charge on any atom is 0.330 e. The molecule has 0 heterocycles. The van der Waals surface area contributed by atoms with Crippen LogP contribution in [0.2, 0.25) is 0 Å². The first-order valence-corrected chi connectivity index (χ1v) is 6.07. The Morgan fingerprint density at radius 1 is 1.33 bits per heavy atom. The van der Waals surface area contributed by atoms with Gasteiger partial charge in [0.05, 0.1) is 6.61 Å². The molecule has 0 aliphatic carbocycles. The molecule has 0 aliphatic rings. The van der Waals surface area contributed by atoms with E-state index in [4.69, 9.17) is 4.74 Å². The Kier molecular flexibility index (Phi) is 9.24. The zero-order valence-corrected chi connectivity index (χ0v) is 10.3. The molecule has 15 heavy (non-hydrogen) atoms. The number of hydrogen-bond acceptors (Lipinski definition) is 2. The first kappa shape index (κ1) is 14.2. The van der Waals surface area contributed by atoms with E-state index in [1.54, 1.807) is 0 Å². The standard InChI is InChI=1S/C13H24O2/c1-4-7-9-12(6-3)11-15-13(14)10-8-5-2/h8,10,12H,4-7,9,11H2,1-3H3/b10-8+. The second-order valence-corrected chi connectivity index (χ2v) is 3.86. The van der Waals surface area contributed by atoms with Gasteiger partial charge in [-0.25, -0.2) is 4.79 Å². The summed E-state index contributed by atoms with van der Waals surface area (Å²) in [6, 6.07) is 0. The normalized spacial score (nSPS) is 13.0. The van der Waals surface area contributed by atoms with Crippen LogP contribution in [0.1, 0.15) is 52.9 Å². The van der Waals surface area contributed by atoms with E-state index in [1.807, 2.05) is 13.0 Å². The van der Waals surface area contributed by atoms with Gasteiger partial charge in [0.1, 0.15) is 0 Å². The maximum atomic E-state index is 11.2. The Morgan fingerprint density at radius 3 is 2.60 bits per heavy atom. The highest BCUT2D eigenvalue weighted by Crippen LogP contribution is 2.12. The SMILES string of the molecule is CC/C=C/C(=O)OCC(CC)CCCC. The predicted octanol–water partition coefficient (Wildman–Crippen LogP) is 3.71. The molecule has 0 aromatic rings. The smallest absolute Gasteiger partial charge is 0.330 e. The molecule has 0 radical (unpaired) electrons. The number of unbranched alkanes of at least 4 members (excludes halogenated alkanes) is 1. The maximum absolute atomic E-state index is 11.2. The Balaban J connectivity index is 3.69. The van der Waals surface area contributed by atoms with Gasteiger partial charge in [-0.05, 0) is 18.8 Å². The van der Waals surface area contributed by atoms with Crippen molar-refractivity contribution in [2.24, 2.45) is 5.92 Å². The van der Waals surface area contributed by atoms with Crippen molar-refractivity contribution in [1.82, 2.24) is 0 Å². The molecule has 1 atom stereocenters. The second kappa shape index (κ2) is 9.75. The van der Waals surface area contributed by atoms with Gasteiger partial charge < -0.3 is 4.74 Å². The van der Waals surface area contributed by atoms with Crippen LogP contribution >= 0.6 is 0 Å². The van der Waals surface area contributed by atoms with Crippen molar-refractivity contribution in [1.29, 1.82) is 0 Å². The predicted molar refractivity (Wildman–Crippen MR) is 63.7 cm³/mol. The fourth-order valence-electron chi connectivity index (χ4n) is 1.36. The van der Waals surface area contributed by atoms with Crippen LogP contribution in [0.4, 0.5) is 0 Å². The van der Waals surface area contributed by atoms with Crippen LogP contribution in [0.15, 0.2) is 12.2 Å². The molecule has 0 bridgehead atoms. The van der Waals surface area contributed by atoms with Gasteiger partial charge in [0.25, 0.3) is 0 Å². The van der Waals surface area contributed by atoms with Gasteiger partial charge in [-0.2, -0.15) is 0 Å². The van der Waals surface area contributed by atoms with Gasteiger partial charge in [0, 0.05) is 6.08 Å². The van der Waals surface area contributed by atoms with Gasteiger partial charge in [-0.3, -0.25) is 0 Å². The van der Waals surface area contributed by atoms with Crippen molar-refractivity contribution < 1.29 is 9.53 Å². The van der Waals surface area contributed by atoms with Gasteiger partial charge in [0.15, 0.2) is 0 Å². The fraction of sp³-hybridized carbons (Fsp3) is 0.769. The summed E-state index contributed by atoms with van der Waals surface area (Å²) in [7, 11) is 0. The number of esters is 1. The lowest BCUT2D eigenvalue weighted by molar-refractivity contribution is -0.139. The van der Waals surface area contributed by atoms with Crippen LogP contribution in [0.5, 0.6) is 0 Å². The van der Waals surface area contributed by atoms with Crippen molar-refractivity contribution in [3.63, 3.8) is 0 Å². The highest BCUT2D eigenvalue weighted by Gasteiger charge is 2.07. The first-order valence-electron chi connectivity index (χ1n) is 6.07. The summed E-state index contributed by atoms with van der Waals surface area (Å²) in [5.41, 5.74) is 0. The summed E-state index contributed by atoms with van der Waals surface area (Å²) in [5.74, 6) is 0.329. The molecule has 0 aliphatic heterocycles. The van der Waals surface area contributed by atoms with E-state index in [0.717, 1.165) is 19.3 Å². The number of carbonyl (C=O) groups excluding carboxylic acids is 1. The molecular formula is C13H24O2. The second-order valence-electron chi connectivity index (χ2n) is 3.86. The number of allylic oxidation sites excluding steroid dienone is 1. The third kappa shape index (κ3) is 8.22. The van der Waals surface area contributed by atoms with Crippen molar-refractivity contribution in [3.8, 4) is 0 Å². The van der Waals surface area contributed by atoms with Crippen LogP contribution in [0.3, 0.4) is 0 Å². The molecule has 0 fully saturated rings. The van der Waals surface area contributed by atoms with E-state index < -0.39 is 0 Å². The van der Waals surface area contributed by atoms with Crippen LogP contribution in [-0.4, -0.2) is 12.6 Å². The van der Waals surface area contributed by atoms with Crippen LogP contribution in [-0.2, 0) is 9.53 Å². The van der Waals surface area contributed by atoms with Crippen molar-refractivity contribution in [2.45, 2.75) is 52.9 Å². The number of ether oxygens (including phenoxy) is 1. The van der Waals surface area contributed by atoms with Crippen molar-refractivity contribution in [2.75, 3.05) is 6.61 Å². The molecule has 0 spiro atoms. The summed E-state index contributed by atoms with van der Waals surface area (Å²) < 4.78 is 5.17. The lowest BCUT2D eigenvalue weighted by Crippen LogP contribution is -2.12. The van der Waals surface area contributed by atoms with E-state index in [-0.39, 0.29) is 5.97 Å². The fourth-order valence-corrected chi connectivity index (χ4v) is 1.36. The summed E-state index contributed by atoms with van der Waals surface area (Å²) >= 11 is 0. The minimum absolute atomic E-state index is 0.202. The zero-order valence-electron chi connectivity index (χ0n) is 10.3. The zero-order chi connectivity index (χ0) is 11.5. The highest BCUT2D eigenvalue weighted by molar-refractivity contribution is 5.81. The topological polar surface area (TPSA) is 26.3 Å². The third-order valence-electron chi connectivity index (χ3n) is 2.49. The Bertz CT molecular complexity index is 185. The largest absolute Gasteiger partial charge is 0.462 e. The molecule has 2 heteroatoms. The average Bonchev–Trinajstić information content (AvgIpc) is 2.26. The number of hydrogen-bond donors (Lipinski definition) is 0.